The zero-order chi connectivity index (χ0) is 48.9. The lowest BCUT2D eigenvalue weighted by molar-refractivity contribution is -0.160. The maximum atomic E-state index is 15.1. The number of ether oxygens (including phenoxy) is 2. The van der Waals surface area contributed by atoms with Crippen molar-refractivity contribution in [1.29, 1.82) is 0 Å². The highest BCUT2D eigenvalue weighted by molar-refractivity contribution is 8.12. The van der Waals surface area contributed by atoms with Gasteiger partial charge in [0.25, 0.3) is 5.91 Å². The number of thioether (sulfide) groups is 1. The highest BCUT2D eigenvalue weighted by Gasteiger charge is 2.52. The van der Waals surface area contributed by atoms with E-state index in [0.29, 0.717) is 37.3 Å². The smallest absolute Gasteiger partial charge is 0.333 e. The van der Waals surface area contributed by atoms with Gasteiger partial charge in [0.05, 0.1) is 30.0 Å². The number of hydrazine groups is 1. The third kappa shape index (κ3) is 9.44. The maximum Gasteiger partial charge on any atom is 0.333 e. The van der Waals surface area contributed by atoms with E-state index in [0.717, 1.165) is 81.7 Å². The van der Waals surface area contributed by atoms with E-state index in [1.807, 2.05) is 38.3 Å². The molecule has 2 saturated heterocycles. The number of esters is 1. The summed E-state index contributed by atoms with van der Waals surface area (Å²) in [5, 5.41) is 22.6. The van der Waals surface area contributed by atoms with Crippen LogP contribution < -0.4 is 16.1 Å². The number of hydrogen-bond donors (Lipinski definition) is 4. The normalized spacial score (nSPS) is 25.6. The number of benzene rings is 2. The molecule has 1 saturated carbocycles. The number of carbonyl (C=O) groups excluding carboxylic acids is 4. The van der Waals surface area contributed by atoms with Gasteiger partial charge in [-0.05, 0) is 141 Å². The second-order valence-corrected chi connectivity index (χ2v) is 22.0. The predicted molar refractivity (Wildman–Crippen MR) is 269 cm³/mol. The second-order valence-electron chi connectivity index (χ2n) is 21.1. The lowest BCUT2D eigenvalue weighted by Gasteiger charge is -2.42. The summed E-state index contributed by atoms with van der Waals surface area (Å²) in [6.07, 6.45) is 6.95. The van der Waals surface area contributed by atoms with Gasteiger partial charge in [-0.15, -0.1) is 0 Å². The van der Waals surface area contributed by atoms with Gasteiger partial charge in [0, 0.05) is 72.7 Å². The number of nitrogens with zero attached hydrogens (tertiary/aromatic N) is 4. The zero-order valence-electron chi connectivity index (χ0n) is 41.4. The molecule has 4 N–H and O–H groups in total. The first kappa shape index (κ1) is 48.8. The molecular weight excluding hydrogens is 891 g/mol. The summed E-state index contributed by atoms with van der Waals surface area (Å²) in [5.41, 5.74) is 8.60. The number of aromatic nitrogens is 2. The molecule has 9 rings (SSSR count). The van der Waals surface area contributed by atoms with Gasteiger partial charge in [-0.1, -0.05) is 51.6 Å². The number of aromatic hydroxyl groups is 1. The quantitative estimate of drug-likeness (QED) is 0.115. The molecule has 3 amide bonds. The number of piperidine rings is 1. The molecular formula is C54H69N7O7S. The van der Waals surface area contributed by atoms with Crippen LogP contribution in [0.5, 0.6) is 5.75 Å². The average Bonchev–Trinajstić information content (AvgIpc) is 4.05. The fourth-order valence-corrected chi connectivity index (χ4v) is 12.5. The molecule has 2 aromatic heterocycles. The fourth-order valence-electron chi connectivity index (χ4n) is 11.8. The van der Waals surface area contributed by atoms with E-state index in [2.05, 4.69) is 65.7 Å². The summed E-state index contributed by atoms with van der Waals surface area (Å²) in [4.78, 5) is 66.2. The second kappa shape index (κ2) is 19.5. The van der Waals surface area contributed by atoms with Crippen molar-refractivity contribution in [2.24, 2.45) is 23.2 Å². The number of phenols is 1. The summed E-state index contributed by atoms with van der Waals surface area (Å²) in [6, 6.07) is 13.8. The van der Waals surface area contributed by atoms with Crippen LogP contribution in [0.15, 0.2) is 65.0 Å². The van der Waals surface area contributed by atoms with Crippen molar-refractivity contribution in [2.75, 3.05) is 33.9 Å². The van der Waals surface area contributed by atoms with Crippen molar-refractivity contribution in [1.82, 2.24) is 35.5 Å². The number of cyclic esters (lactones) is 1. The van der Waals surface area contributed by atoms with Crippen LogP contribution in [-0.4, -0.2) is 106 Å². The molecule has 5 aliphatic rings. The fraction of sp³-hybridized carbons (Fsp3) is 0.537. The van der Waals surface area contributed by atoms with Crippen LogP contribution in [0.3, 0.4) is 0 Å². The summed E-state index contributed by atoms with van der Waals surface area (Å²) >= 11 is 1.45. The Balaban J connectivity index is 1.14. The van der Waals surface area contributed by atoms with E-state index in [1.54, 1.807) is 37.4 Å². The molecule has 69 heavy (non-hydrogen) atoms. The van der Waals surface area contributed by atoms with Crippen LogP contribution in [0.4, 0.5) is 0 Å². The molecule has 6 heterocycles. The minimum Gasteiger partial charge on any atom is -0.508 e. The summed E-state index contributed by atoms with van der Waals surface area (Å²) in [7, 11) is 3.39. The van der Waals surface area contributed by atoms with Gasteiger partial charge in [-0.2, -0.15) is 0 Å². The van der Waals surface area contributed by atoms with E-state index in [4.69, 9.17) is 14.5 Å². The molecule has 4 aliphatic heterocycles. The van der Waals surface area contributed by atoms with Crippen molar-refractivity contribution in [3.8, 4) is 28.1 Å². The standard InChI is InChI=1S/C54H69N7O7S/c1-9-60-43-18-16-35-27-40(43)41(48(60)38-14-11-21-55-45(38)32(4)67-8)28-53(5,6)30-68-52(66)54(44-29-69-44)19-12-22-61(58-54)51(65)42(25-33-23-36(35)26-37(62)24-33)57-49(63)47(31(2)3)59(7)50(64)39-17-15-34-13-10-20-56-46(34)39/h11,14,16,18,21,23-24,26-27,29,31-32,34,39,42,46-47,56,58,62H,9-10,12-13,15,17,19-20,22,25,28,30H2,1-8H3,(H,57,63)/t32-,34+,39-,42-,46+,47-,54-/m0/s1. The number of aryl methyl sites for hydroxylation is 1. The van der Waals surface area contributed by atoms with Crippen molar-refractivity contribution in [3.05, 3.63) is 81.9 Å². The third-order valence-corrected chi connectivity index (χ3v) is 16.2. The Morgan fingerprint density at radius 1 is 1.07 bits per heavy atom. The molecule has 6 bridgehead atoms. The lowest BCUT2D eigenvalue weighted by atomic mass is 9.83. The maximum absolute atomic E-state index is 15.1. The molecule has 7 atom stereocenters. The van der Waals surface area contributed by atoms with Crippen molar-refractivity contribution < 1.29 is 33.8 Å². The third-order valence-electron chi connectivity index (χ3n) is 15.4. The molecule has 15 heteroatoms. The molecule has 4 aromatic rings. The Hall–Kier alpha value is -5.22. The van der Waals surface area contributed by atoms with Crippen LogP contribution in [0.25, 0.3) is 33.3 Å². The number of hydrogen-bond acceptors (Lipinski definition) is 11. The Morgan fingerprint density at radius 3 is 2.61 bits per heavy atom. The molecule has 0 unspecified atom stereocenters. The predicted octanol–water partition coefficient (Wildman–Crippen LogP) is 7.67. The SMILES string of the molecule is CCn1c(-c2cccnc2[C@H](C)OC)c2c3cc(ccc31)-c1cc(O)cc(c1)C[C@H](NC(=O)[C@H](C(C)C)N(C)C(=O)[C@H]1CC[C@H]3CCCN[C@H]31)C(=O)N1CCC[C@@](C3=CS3)(N1)C(=O)OCC(C)(C)C2. The summed E-state index contributed by atoms with van der Waals surface area (Å²) in [6.45, 7) is 14.1. The Kier molecular flexibility index (Phi) is 13.8. The topological polar surface area (TPSA) is 167 Å². The van der Waals surface area contributed by atoms with Gasteiger partial charge in [-0.3, -0.25) is 24.4 Å². The van der Waals surface area contributed by atoms with Gasteiger partial charge in [-0.25, -0.2) is 10.2 Å². The molecule has 2 aromatic carbocycles. The minimum absolute atomic E-state index is 0.0170. The number of rotatable bonds is 10. The van der Waals surface area contributed by atoms with Crippen molar-refractivity contribution >= 4 is 46.4 Å². The number of nitrogens with one attached hydrogen (secondary N) is 3. The van der Waals surface area contributed by atoms with Gasteiger partial charge in [0.1, 0.15) is 17.8 Å². The highest BCUT2D eigenvalue weighted by atomic mass is 32.2. The minimum atomic E-state index is -1.30. The highest BCUT2D eigenvalue weighted by Crippen LogP contribution is 2.48. The van der Waals surface area contributed by atoms with E-state index < -0.39 is 40.8 Å². The summed E-state index contributed by atoms with van der Waals surface area (Å²) in [5.74, 6) is -1.43. The van der Waals surface area contributed by atoms with Crippen molar-refractivity contribution in [3.63, 3.8) is 0 Å². The molecule has 0 spiro atoms. The number of amides is 3. The summed E-state index contributed by atoms with van der Waals surface area (Å²) < 4.78 is 14.5. The van der Waals surface area contributed by atoms with E-state index >= 15 is 4.79 Å². The number of carbonyl (C=O) groups is 4. The van der Waals surface area contributed by atoms with E-state index in [1.165, 1.54) is 16.8 Å². The number of fused-ring (bicyclic) bond motifs is 7. The molecule has 368 valence electrons. The van der Waals surface area contributed by atoms with Crippen LogP contribution in [-0.2, 0) is 48.0 Å². The Labute approximate surface area is 410 Å². The monoisotopic (exact) mass is 959 g/mol. The van der Waals surface area contributed by atoms with Crippen LogP contribution >= 0.6 is 11.8 Å². The molecule has 0 radical (unpaired) electrons. The van der Waals surface area contributed by atoms with E-state index in [-0.39, 0.29) is 55.2 Å². The van der Waals surface area contributed by atoms with Gasteiger partial charge in [0.15, 0.2) is 5.54 Å². The number of phenolic OH excluding ortho intramolecular Hbond substituents is 1. The number of likely N-dealkylation sites (N-methyl/N-ethyl adjacent to an activating group) is 1. The Bertz CT molecular complexity index is 2680. The zero-order valence-corrected chi connectivity index (χ0v) is 42.2. The lowest BCUT2D eigenvalue weighted by Crippen LogP contribution is -2.67. The average molecular weight is 960 g/mol. The molecule has 14 nitrogen and oxygen atoms in total. The number of pyridine rings is 1. The van der Waals surface area contributed by atoms with Crippen LogP contribution in [0, 0.1) is 23.2 Å². The van der Waals surface area contributed by atoms with Crippen molar-refractivity contribution in [2.45, 2.75) is 129 Å². The van der Waals surface area contributed by atoms with Crippen LogP contribution in [0.2, 0.25) is 0 Å². The molecule has 3 fully saturated rings. The first-order valence-electron chi connectivity index (χ1n) is 24.9. The number of methoxy groups -OCH3 is 1. The largest absolute Gasteiger partial charge is 0.508 e. The van der Waals surface area contributed by atoms with E-state index in [9.17, 15) is 19.5 Å². The first-order valence-corrected chi connectivity index (χ1v) is 25.8. The van der Waals surface area contributed by atoms with Crippen LogP contribution in [0.1, 0.15) is 103 Å². The molecule has 1 aliphatic carbocycles. The first-order chi connectivity index (χ1) is 33.0. The Morgan fingerprint density at radius 2 is 1.87 bits per heavy atom. The van der Waals surface area contributed by atoms with Gasteiger partial charge in [0.2, 0.25) is 11.8 Å². The van der Waals surface area contributed by atoms with Gasteiger partial charge >= 0.3 is 5.97 Å². The van der Waals surface area contributed by atoms with Gasteiger partial charge < -0.3 is 34.7 Å².